The summed E-state index contributed by atoms with van der Waals surface area (Å²) in [6.07, 6.45) is 8.85. The minimum absolute atomic E-state index is 0.0198. The van der Waals surface area contributed by atoms with E-state index in [4.69, 9.17) is 10.5 Å². The molecule has 0 saturated heterocycles. The van der Waals surface area contributed by atoms with Crippen molar-refractivity contribution in [1.82, 2.24) is 9.97 Å². The van der Waals surface area contributed by atoms with Gasteiger partial charge in [0.25, 0.3) is 0 Å². The molecule has 6 N–H and O–H groups in total. The summed E-state index contributed by atoms with van der Waals surface area (Å²) in [7, 11) is 0. The van der Waals surface area contributed by atoms with Crippen LogP contribution in [0.5, 0.6) is 11.5 Å². The zero-order valence-corrected chi connectivity index (χ0v) is 25.1. The van der Waals surface area contributed by atoms with Crippen LogP contribution < -0.4 is 15.5 Å². The van der Waals surface area contributed by atoms with Crippen molar-refractivity contribution in [1.29, 1.82) is 0 Å². The summed E-state index contributed by atoms with van der Waals surface area (Å²) in [6.45, 7) is 1.91. The van der Waals surface area contributed by atoms with Crippen LogP contribution in [0, 0.1) is 23.7 Å². The number of hydrogen-bond donors (Lipinski definition) is 5. The molecule has 2 aromatic heterocycles. The maximum Gasteiger partial charge on any atom is 0.161 e. The Morgan fingerprint density at radius 1 is 1.16 bits per heavy atom. The molecule has 0 aliphatic heterocycles. The third-order valence-corrected chi connectivity index (χ3v) is 8.57. The molecule has 0 saturated carbocycles. The van der Waals surface area contributed by atoms with Gasteiger partial charge in [0.2, 0.25) is 0 Å². The van der Waals surface area contributed by atoms with E-state index < -0.39 is 18.3 Å². The van der Waals surface area contributed by atoms with E-state index in [9.17, 15) is 20.4 Å². The number of benzene rings is 1. The molecule has 2 heterocycles. The number of hydrogen-bond acceptors (Lipinski definition) is 7. The van der Waals surface area contributed by atoms with Gasteiger partial charge in [0.1, 0.15) is 11.9 Å². The van der Waals surface area contributed by atoms with Gasteiger partial charge in [0, 0.05) is 24.5 Å². The number of aliphatic hydroxyl groups excluding tert-OH is 3. The van der Waals surface area contributed by atoms with Crippen LogP contribution in [0.2, 0.25) is 0 Å². The smallest absolute Gasteiger partial charge is 0.161 e. The maximum atomic E-state index is 11.1. The number of aliphatic hydroxyl groups is 3. The number of rotatable bonds is 13. The number of nitrogens with zero attached hydrogens (tertiary/aromatic N) is 2. The van der Waals surface area contributed by atoms with E-state index in [0.717, 1.165) is 42.5 Å². The second-order valence-electron chi connectivity index (χ2n) is 11.8. The van der Waals surface area contributed by atoms with Gasteiger partial charge in [0.05, 0.1) is 18.8 Å². The Bertz CT molecular complexity index is 1320. The number of anilines is 1. The number of nitrogens with two attached hydrogens (primary N) is 1. The first kappa shape index (κ1) is 32.4. The second-order valence-corrected chi connectivity index (χ2v) is 11.8. The average molecular weight is 589 g/mol. The quantitative estimate of drug-likeness (QED) is 0.180. The highest BCUT2D eigenvalue weighted by Gasteiger charge is 2.27. The largest absolute Gasteiger partial charge is 0.668 e. The Labute approximate surface area is 255 Å². The van der Waals surface area contributed by atoms with E-state index in [1.54, 1.807) is 24.5 Å². The minimum Gasteiger partial charge on any atom is -0.668 e. The van der Waals surface area contributed by atoms with E-state index in [2.05, 4.69) is 28.7 Å². The molecule has 0 radical (unpaired) electrons. The number of nitrogen functional groups attached to an aromatic ring is 1. The Morgan fingerprint density at radius 2 is 2.00 bits per heavy atom. The van der Waals surface area contributed by atoms with Crippen LogP contribution in [-0.4, -0.2) is 50.3 Å². The molecule has 1 aromatic carbocycles. The second kappa shape index (κ2) is 16.4. The summed E-state index contributed by atoms with van der Waals surface area (Å²) < 4.78 is 6.17. The molecular weight excluding hydrogens is 542 g/mol. The number of aromatic nitrogens is 2. The number of ether oxygens (including phenoxy) is 1. The SMILES string of the molecule is CC[C@H]1C#CC[C@H]([C@H](O)CCc2ccc(O)c(O[C@H](CO)C[C@H](Cc3ccc[n-]3)c3ccnc(N)c3)c2)[C@@H](O)CCCC1. The highest BCUT2D eigenvalue weighted by molar-refractivity contribution is 5.42. The van der Waals surface area contributed by atoms with Crippen molar-refractivity contribution >= 4 is 5.82 Å². The predicted molar refractivity (Wildman–Crippen MR) is 168 cm³/mol. The van der Waals surface area contributed by atoms with Crippen LogP contribution in [0.1, 0.15) is 81.0 Å². The molecule has 4 rings (SSSR count). The van der Waals surface area contributed by atoms with Gasteiger partial charge < -0.3 is 35.9 Å². The van der Waals surface area contributed by atoms with Crippen LogP contribution in [0.3, 0.4) is 0 Å². The normalized spacial score (nSPS) is 21.3. The first-order valence-corrected chi connectivity index (χ1v) is 15.6. The summed E-state index contributed by atoms with van der Waals surface area (Å²) in [5.74, 6) is 7.31. The van der Waals surface area contributed by atoms with Crippen molar-refractivity contribution in [3.05, 3.63) is 71.7 Å². The van der Waals surface area contributed by atoms with Gasteiger partial charge in [-0.05, 0) is 86.3 Å². The van der Waals surface area contributed by atoms with Crippen molar-refractivity contribution in [3.8, 4) is 23.3 Å². The summed E-state index contributed by atoms with van der Waals surface area (Å²) in [6, 6.07) is 12.7. The zero-order chi connectivity index (χ0) is 30.6. The zero-order valence-electron chi connectivity index (χ0n) is 25.1. The number of phenolic OH excluding ortho intramolecular Hbond substituents is 1. The summed E-state index contributed by atoms with van der Waals surface area (Å²) in [4.78, 5) is 8.52. The molecule has 1 aliphatic rings. The van der Waals surface area contributed by atoms with Gasteiger partial charge in [-0.15, -0.1) is 5.92 Å². The van der Waals surface area contributed by atoms with Crippen molar-refractivity contribution in [2.75, 3.05) is 12.3 Å². The maximum absolute atomic E-state index is 11.1. The number of aryl methyl sites for hydroxylation is 1. The lowest BCUT2D eigenvalue weighted by molar-refractivity contribution is 0.00559. The molecule has 8 heteroatoms. The molecule has 3 aromatic rings. The topological polar surface area (TPSA) is 143 Å². The van der Waals surface area contributed by atoms with Crippen molar-refractivity contribution < 1.29 is 25.2 Å². The van der Waals surface area contributed by atoms with Gasteiger partial charge in [-0.3, -0.25) is 0 Å². The lowest BCUT2D eigenvalue weighted by Gasteiger charge is -2.27. The molecule has 8 nitrogen and oxygen atoms in total. The lowest BCUT2D eigenvalue weighted by Crippen LogP contribution is -2.32. The van der Waals surface area contributed by atoms with Crippen molar-refractivity contribution in [2.24, 2.45) is 11.8 Å². The molecule has 0 fully saturated rings. The van der Waals surface area contributed by atoms with Crippen molar-refractivity contribution in [2.45, 2.75) is 95.4 Å². The molecule has 1 aliphatic carbocycles. The summed E-state index contributed by atoms with van der Waals surface area (Å²) >= 11 is 0. The van der Waals surface area contributed by atoms with Crippen LogP contribution in [-0.2, 0) is 12.8 Å². The Kier molecular flexibility index (Phi) is 12.3. The predicted octanol–water partition coefficient (Wildman–Crippen LogP) is 4.75. The standard InChI is InChI=1S/C35H46N3O5/c1-2-24-7-3-4-11-31(40)30(10-5-8-24)32(41)14-12-25-13-15-33(42)34(19-25)43-29(23-39)21-27(20-28-9-6-17-37-28)26-16-18-38-35(36)22-26/h6,9,13,15-19,22,24,27,29-32,39-42H,2-4,7,10-12,14,20-21,23H2,1H3,(H2,36,38)/q-1/t24-,27+,29+,30+,31+,32-/m1/s1. The highest BCUT2D eigenvalue weighted by atomic mass is 16.5. The Balaban J connectivity index is 1.42. The number of pyridine rings is 1. The fourth-order valence-corrected chi connectivity index (χ4v) is 5.95. The highest BCUT2D eigenvalue weighted by Crippen LogP contribution is 2.33. The van der Waals surface area contributed by atoms with Gasteiger partial charge >= 0.3 is 0 Å². The molecule has 0 bridgehead atoms. The van der Waals surface area contributed by atoms with Crippen LogP contribution in [0.4, 0.5) is 5.82 Å². The van der Waals surface area contributed by atoms with E-state index >= 15 is 0 Å². The van der Waals surface area contributed by atoms with E-state index in [1.165, 1.54) is 0 Å². The van der Waals surface area contributed by atoms with Crippen LogP contribution in [0.25, 0.3) is 0 Å². The van der Waals surface area contributed by atoms with Crippen molar-refractivity contribution in [3.63, 3.8) is 0 Å². The van der Waals surface area contributed by atoms with Gasteiger partial charge in [0.15, 0.2) is 11.5 Å². The van der Waals surface area contributed by atoms with E-state index in [-0.39, 0.29) is 29.9 Å². The number of aromatic hydroxyl groups is 1. The molecule has 232 valence electrons. The fraction of sp³-hybridized carbons (Fsp3) is 0.514. The van der Waals surface area contributed by atoms with Gasteiger partial charge in [-0.2, -0.15) is 11.9 Å². The van der Waals surface area contributed by atoms with Crippen LogP contribution >= 0.6 is 0 Å². The van der Waals surface area contributed by atoms with Gasteiger partial charge in [-0.1, -0.05) is 43.9 Å². The van der Waals surface area contributed by atoms with E-state index in [0.29, 0.717) is 50.3 Å². The molecule has 6 atom stereocenters. The number of phenols is 1. The molecule has 0 spiro atoms. The summed E-state index contributed by atoms with van der Waals surface area (Å²) in [5, 5.41) is 42.8. The molecule has 0 unspecified atom stereocenters. The van der Waals surface area contributed by atoms with Gasteiger partial charge in [-0.25, -0.2) is 4.98 Å². The third kappa shape index (κ3) is 9.75. The first-order valence-electron chi connectivity index (χ1n) is 15.6. The summed E-state index contributed by atoms with van der Waals surface area (Å²) in [5.41, 5.74) is 8.74. The average Bonchev–Trinajstić information content (AvgIpc) is 3.52. The molecule has 43 heavy (non-hydrogen) atoms. The first-order chi connectivity index (χ1) is 20.9. The fourth-order valence-electron chi connectivity index (χ4n) is 5.95. The minimum atomic E-state index is -0.703. The third-order valence-electron chi connectivity index (χ3n) is 8.57. The van der Waals surface area contributed by atoms with Crippen LogP contribution in [0.15, 0.2) is 54.9 Å². The lowest BCUT2D eigenvalue weighted by atomic mass is 9.85. The van der Waals surface area contributed by atoms with E-state index in [1.807, 2.05) is 30.3 Å². The monoisotopic (exact) mass is 588 g/mol. The molecule has 0 amide bonds. The Hall–Kier alpha value is -3.51. The Morgan fingerprint density at radius 3 is 2.74 bits per heavy atom. The molecular formula is C35H46N3O5-.